The Labute approximate surface area is 61.4 Å². The molecule has 0 radical (unpaired) electrons. The summed E-state index contributed by atoms with van der Waals surface area (Å²) in [6.45, 7) is 1.92. The summed E-state index contributed by atoms with van der Waals surface area (Å²) in [5, 5.41) is 0. The molecule has 1 heterocycles. The summed E-state index contributed by atoms with van der Waals surface area (Å²) in [5.41, 5.74) is 1.59. The van der Waals surface area contributed by atoms with E-state index in [1.54, 1.807) is 5.57 Å². The van der Waals surface area contributed by atoms with Crippen LogP contribution in [0.15, 0.2) is 23.8 Å². The average Bonchev–Trinajstić information content (AvgIpc) is 1.86. The Bertz CT molecular complexity index is 175. The molecular weight excluding hydrogens is 124 g/mol. The maximum Gasteiger partial charge on any atom is 0.0554 e. The molecule has 0 saturated carbocycles. The summed E-state index contributed by atoms with van der Waals surface area (Å²) < 4.78 is 5.12. The zero-order chi connectivity index (χ0) is 6.81. The van der Waals surface area contributed by atoms with Crippen LogP contribution in [0.3, 0.4) is 0 Å². The molecule has 1 fully saturated rings. The summed E-state index contributed by atoms with van der Waals surface area (Å²) in [6, 6.07) is 0. The first-order valence-electron chi connectivity index (χ1n) is 3.90. The summed E-state index contributed by atoms with van der Waals surface area (Å²) in [7, 11) is 0. The number of ether oxygens (including phenoxy) is 1. The summed E-state index contributed by atoms with van der Waals surface area (Å²) in [6.07, 6.45) is 9.11. The summed E-state index contributed by atoms with van der Waals surface area (Å²) >= 11 is 0. The van der Waals surface area contributed by atoms with Gasteiger partial charge in [-0.2, -0.15) is 0 Å². The monoisotopic (exact) mass is 136 g/mol. The molecule has 1 nitrogen and oxygen atoms in total. The second-order valence-electron chi connectivity index (χ2n) is 2.94. The molecule has 0 aromatic heterocycles. The Morgan fingerprint density at radius 2 is 2.30 bits per heavy atom. The average molecular weight is 136 g/mol. The van der Waals surface area contributed by atoms with Gasteiger partial charge < -0.3 is 4.74 Å². The van der Waals surface area contributed by atoms with Gasteiger partial charge >= 0.3 is 0 Å². The van der Waals surface area contributed by atoms with Crippen LogP contribution < -0.4 is 0 Å². The van der Waals surface area contributed by atoms with E-state index in [2.05, 4.69) is 18.2 Å². The van der Waals surface area contributed by atoms with E-state index in [4.69, 9.17) is 4.74 Å². The molecule has 0 amide bonds. The third kappa shape index (κ3) is 1.01. The maximum absolute atomic E-state index is 5.12. The lowest BCUT2D eigenvalue weighted by Gasteiger charge is -2.29. The molecule has 54 valence electrons. The van der Waals surface area contributed by atoms with Gasteiger partial charge in [-0.1, -0.05) is 23.8 Å². The van der Waals surface area contributed by atoms with E-state index in [0.717, 1.165) is 19.1 Å². The lowest BCUT2D eigenvalue weighted by atomic mass is 9.91. The molecule has 0 atom stereocenters. The highest BCUT2D eigenvalue weighted by Gasteiger charge is 2.22. The topological polar surface area (TPSA) is 9.23 Å². The predicted octanol–water partition coefficient (Wildman–Crippen LogP) is 1.91. The third-order valence-electron chi connectivity index (χ3n) is 2.21. The maximum atomic E-state index is 5.12. The number of allylic oxidation sites excluding steroid dienone is 3. The molecule has 0 N–H and O–H groups in total. The molecule has 1 saturated heterocycles. The number of hydrogen-bond acceptors (Lipinski definition) is 1. The van der Waals surface area contributed by atoms with Crippen LogP contribution in [0, 0.1) is 5.92 Å². The molecular formula is C9H12O. The molecule has 1 heteroatoms. The van der Waals surface area contributed by atoms with E-state index < -0.39 is 0 Å². The Kier molecular flexibility index (Phi) is 1.60. The van der Waals surface area contributed by atoms with E-state index >= 15 is 0 Å². The molecule has 0 bridgehead atoms. The van der Waals surface area contributed by atoms with Gasteiger partial charge in [0.2, 0.25) is 0 Å². The predicted molar refractivity (Wildman–Crippen MR) is 40.8 cm³/mol. The van der Waals surface area contributed by atoms with E-state index in [9.17, 15) is 0 Å². The molecule has 0 aromatic rings. The van der Waals surface area contributed by atoms with Gasteiger partial charge in [-0.3, -0.25) is 0 Å². The molecule has 2 aliphatic rings. The van der Waals surface area contributed by atoms with Crippen LogP contribution in [0.2, 0.25) is 0 Å². The summed E-state index contributed by atoms with van der Waals surface area (Å²) in [4.78, 5) is 0. The standard InChI is InChI=1S/C9H12O/c1-2-4-8(5-3-1)9-6-10-7-9/h1-2,4,9H,3,5-7H2. The normalized spacial score (nSPS) is 25.8. The van der Waals surface area contributed by atoms with Crippen LogP contribution in [0.5, 0.6) is 0 Å². The first-order valence-corrected chi connectivity index (χ1v) is 3.90. The smallest absolute Gasteiger partial charge is 0.0554 e. The number of hydrogen-bond donors (Lipinski definition) is 0. The lowest BCUT2D eigenvalue weighted by Crippen LogP contribution is -2.29. The Morgan fingerprint density at radius 3 is 2.80 bits per heavy atom. The minimum absolute atomic E-state index is 0.755. The second-order valence-corrected chi connectivity index (χ2v) is 2.94. The van der Waals surface area contributed by atoms with E-state index in [0.29, 0.717) is 0 Å². The van der Waals surface area contributed by atoms with Crippen LogP contribution in [0.1, 0.15) is 12.8 Å². The van der Waals surface area contributed by atoms with Crippen LogP contribution in [0.25, 0.3) is 0 Å². The Hall–Kier alpha value is -0.560. The molecule has 1 aliphatic carbocycles. The van der Waals surface area contributed by atoms with Gasteiger partial charge in [-0.05, 0) is 12.8 Å². The van der Waals surface area contributed by atoms with Crippen LogP contribution in [-0.2, 0) is 4.74 Å². The SMILES string of the molecule is C1=CCCC(C2COC2)=C1. The van der Waals surface area contributed by atoms with Gasteiger partial charge in [0.25, 0.3) is 0 Å². The van der Waals surface area contributed by atoms with E-state index in [-0.39, 0.29) is 0 Å². The van der Waals surface area contributed by atoms with Gasteiger partial charge in [0.05, 0.1) is 13.2 Å². The van der Waals surface area contributed by atoms with Crippen molar-refractivity contribution in [3.63, 3.8) is 0 Å². The minimum atomic E-state index is 0.755. The van der Waals surface area contributed by atoms with Crippen LogP contribution >= 0.6 is 0 Å². The van der Waals surface area contributed by atoms with Crippen molar-refractivity contribution in [1.29, 1.82) is 0 Å². The van der Waals surface area contributed by atoms with Crippen molar-refractivity contribution >= 4 is 0 Å². The molecule has 10 heavy (non-hydrogen) atoms. The van der Waals surface area contributed by atoms with Crippen molar-refractivity contribution in [1.82, 2.24) is 0 Å². The summed E-state index contributed by atoms with van der Waals surface area (Å²) in [5.74, 6) is 0.755. The molecule has 0 aromatic carbocycles. The zero-order valence-corrected chi connectivity index (χ0v) is 6.05. The van der Waals surface area contributed by atoms with Crippen molar-refractivity contribution < 1.29 is 4.74 Å². The highest BCUT2D eigenvalue weighted by Crippen LogP contribution is 2.26. The van der Waals surface area contributed by atoms with Crippen molar-refractivity contribution in [3.8, 4) is 0 Å². The van der Waals surface area contributed by atoms with Gasteiger partial charge in [0.15, 0.2) is 0 Å². The first kappa shape index (κ1) is 6.17. The van der Waals surface area contributed by atoms with Crippen LogP contribution in [-0.4, -0.2) is 13.2 Å². The highest BCUT2D eigenvalue weighted by atomic mass is 16.5. The molecule has 0 spiro atoms. The highest BCUT2D eigenvalue weighted by molar-refractivity contribution is 5.21. The van der Waals surface area contributed by atoms with Crippen LogP contribution in [0.4, 0.5) is 0 Å². The van der Waals surface area contributed by atoms with Gasteiger partial charge in [-0.15, -0.1) is 0 Å². The zero-order valence-electron chi connectivity index (χ0n) is 6.05. The molecule has 1 aliphatic heterocycles. The Morgan fingerprint density at radius 1 is 1.40 bits per heavy atom. The fourth-order valence-corrected chi connectivity index (χ4v) is 1.41. The van der Waals surface area contributed by atoms with Gasteiger partial charge in [0, 0.05) is 5.92 Å². The fourth-order valence-electron chi connectivity index (χ4n) is 1.41. The second kappa shape index (κ2) is 2.59. The Balaban J connectivity index is 2.01. The van der Waals surface area contributed by atoms with Crippen molar-refractivity contribution in [2.24, 2.45) is 5.92 Å². The molecule has 2 rings (SSSR count). The lowest BCUT2D eigenvalue weighted by molar-refractivity contribution is -0.0147. The van der Waals surface area contributed by atoms with Crippen molar-refractivity contribution in [2.75, 3.05) is 13.2 Å². The first-order chi connectivity index (χ1) is 4.97. The molecule has 0 unspecified atom stereocenters. The third-order valence-corrected chi connectivity index (χ3v) is 2.21. The van der Waals surface area contributed by atoms with Gasteiger partial charge in [0.1, 0.15) is 0 Å². The minimum Gasteiger partial charge on any atom is -0.380 e. The van der Waals surface area contributed by atoms with E-state index in [1.807, 2.05) is 0 Å². The van der Waals surface area contributed by atoms with Gasteiger partial charge in [-0.25, -0.2) is 0 Å². The number of rotatable bonds is 1. The van der Waals surface area contributed by atoms with Crippen molar-refractivity contribution in [2.45, 2.75) is 12.8 Å². The fraction of sp³-hybridized carbons (Fsp3) is 0.556. The quantitative estimate of drug-likeness (QED) is 0.535. The largest absolute Gasteiger partial charge is 0.380 e. The van der Waals surface area contributed by atoms with Crippen molar-refractivity contribution in [3.05, 3.63) is 23.8 Å². The van der Waals surface area contributed by atoms with E-state index in [1.165, 1.54) is 12.8 Å².